The second-order valence-corrected chi connectivity index (χ2v) is 11.0. The van der Waals surface area contributed by atoms with Crippen LogP contribution in [0.15, 0.2) is 60.8 Å². The average Bonchev–Trinajstić information content (AvgIpc) is 3.58. The van der Waals surface area contributed by atoms with Crippen molar-refractivity contribution in [3.63, 3.8) is 0 Å². The van der Waals surface area contributed by atoms with E-state index in [1.807, 2.05) is 0 Å². The van der Waals surface area contributed by atoms with Crippen LogP contribution >= 0.6 is 11.6 Å². The summed E-state index contributed by atoms with van der Waals surface area (Å²) in [4.78, 5) is 62.2. The van der Waals surface area contributed by atoms with Crippen molar-refractivity contribution < 1.29 is 42.7 Å². The van der Waals surface area contributed by atoms with Gasteiger partial charge in [-0.1, -0.05) is 29.8 Å². The Morgan fingerprint density at radius 3 is 2.61 bits per heavy atom. The van der Waals surface area contributed by atoms with Crippen molar-refractivity contribution in [2.45, 2.75) is 38.6 Å². The number of likely N-dealkylation sites (tertiary alicyclic amines) is 1. The van der Waals surface area contributed by atoms with Crippen LogP contribution in [0.3, 0.4) is 0 Å². The second-order valence-electron chi connectivity index (χ2n) is 10.6. The van der Waals surface area contributed by atoms with Crippen LogP contribution in [0.4, 0.5) is 19.3 Å². The number of carbonyl (C=O) groups is 4. The van der Waals surface area contributed by atoms with E-state index >= 15 is 0 Å². The molecule has 46 heavy (non-hydrogen) atoms. The molecule has 0 aliphatic carbocycles. The van der Waals surface area contributed by atoms with Gasteiger partial charge >= 0.3 is 6.16 Å². The first-order chi connectivity index (χ1) is 21.8. The highest BCUT2D eigenvalue weighted by Gasteiger charge is 2.40. The molecule has 1 fully saturated rings. The summed E-state index contributed by atoms with van der Waals surface area (Å²) in [5.41, 5.74) is 0.771. The van der Waals surface area contributed by atoms with Crippen molar-refractivity contribution >= 4 is 51.9 Å². The smallest absolute Gasteiger partial charge is 0.449 e. The Hall–Kier alpha value is -5.37. The number of carbonyl (C=O) groups excluding carboxylic acids is 3. The number of nitrogens with zero attached hydrogens (tertiary/aromatic N) is 3. The number of nitro groups is 1. The minimum absolute atomic E-state index is 0.0781. The normalized spacial score (nSPS) is 16.0. The number of hydrogen-bond donors (Lipinski definition) is 2. The highest BCUT2D eigenvalue weighted by Crippen LogP contribution is 2.36. The van der Waals surface area contributed by atoms with E-state index in [1.54, 1.807) is 6.07 Å². The minimum Gasteiger partial charge on any atom is -0.449 e. The number of amides is 2. The van der Waals surface area contributed by atoms with Gasteiger partial charge in [-0.05, 0) is 36.8 Å². The zero-order valence-corrected chi connectivity index (χ0v) is 24.8. The molecular weight excluding hydrogens is 630 g/mol. The number of alkyl halides is 1. The third kappa shape index (κ3) is 6.52. The Labute approximate surface area is 264 Å². The summed E-state index contributed by atoms with van der Waals surface area (Å²) in [6.45, 7) is 0.367. The van der Waals surface area contributed by atoms with E-state index < -0.39 is 40.9 Å². The predicted molar refractivity (Wildman–Crippen MR) is 161 cm³/mol. The van der Waals surface area contributed by atoms with Gasteiger partial charge in [0.05, 0.1) is 16.5 Å². The summed E-state index contributed by atoms with van der Waals surface area (Å²) in [5, 5.41) is 23.3. The summed E-state index contributed by atoms with van der Waals surface area (Å²) >= 11 is 5.80. The van der Waals surface area contributed by atoms with Crippen LogP contribution in [0.25, 0.3) is 22.0 Å². The summed E-state index contributed by atoms with van der Waals surface area (Å²) in [6.07, 6.45) is -1.94. The zero-order valence-electron chi connectivity index (χ0n) is 24.0. The summed E-state index contributed by atoms with van der Waals surface area (Å²) < 4.78 is 35.1. The van der Waals surface area contributed by atoms with Gasteiger partial charge in [-0.25, -0.2) is 13.6 Å². The molecule has 0 saturated carbocycles. The monoisotopic (exact) mass is 654 g/mol. The zero-order chi connectivity index (χ0) is 33.3. The summed E-state index contributed by atoms with van der Waals surface area (Å²) in [5.74, 6) is -2.53. The van der Waals surface area contributed by atoms with Crippen molar-refractivity contribution in [3.05, 3.63) is 92.9 Å². The fourth-order valence-corrected chi connectivity index (χ4v) is 5.64. The van der Waals surface area contributed by atoms with Crippen LogP contribution in [-0.4, -0.2) is 62.0 Å². The van der Waals surface area contributed by atoms with Gasteiger partial charge in [-0.3, -0.25) is 24.5 Å². The van der Waals surface area contributed by atoms with Crippen LogP contribution in [0, 0.1) is 15.9 Å². The number of non-ortho nitro benzene ring substituents is 1. The first-order valence-corrected chi connectivity index (χ1v) is 14.2. The van der Waals surface area contributed by atoms with Crippen LogP contribution in [0.2, 0.25) is 5.02 Å². The molecule has 1 aromatic heterocycles. The van der Waals surface area contributed by atoms with Crippen molar-refractivity contribution in [1.29, 1.82) is 0 Å². The number of benzene rings is 3. The molecule has 4 aromatic rings. The molecule has 3 aromatic carbocycles. The van der Waals surface area contributed by atoms with Crippen molar-refractivity contribution in [2.24, 2.45) is 0 Å². The van der Waals surface area contributed by atoms with Gasteiger partial charge in [0.25, 0.3) is 5.69 Å². The van der Waals surface area contributed by atoms with Gasteiger partial charge in [0.2, 0.25) is 11.8 Å². The Morgan fingerprint density at radius 2 is 1.91 bits per heavy atom. The second kappa shape index (κ2) is 12.9. The molecule has 2 amide bonds. The Morgan fingerprint density at radius 1 is 1.15 bits per heavy atom. The van der Waals surface area contributed by atoms with Crippen molar-refractivity contribution in [2.75, 3.05) is 6.54 Å². The van der Waals surface area contributed by atoms with E-state index in [0.29, 0.717) is 16.5 Å². The van der Waals surface area contributed by atoms with E-state index in [0.717, 1.165) is 23.1 Å². The first-order valence-electron chi connectivity index (χ1n) is 13.8. The lowest BCUT2D eigenvalue weighted by molar-refractivity contribution is -0.384. The van der Waals surface area contributed by atoms with Gasteiger partial charge in [-0.15, -0.1) is 0 Å². The molecule has 2 atom stereocenters. The molecule has 0 radical (unpaired) electrons. The molecule has 2 heterocycles. The first kappa shape index (κ1) is 32.0. The number of halogens is 3. The van der Waals surface area contributed by atoms with Crippen LogP contribution in [0.1, 0.15) is 29.3 Å². The molecule has 1 saturated heterocycles. The van der Waals surface area contributed by atoms with E-state index in [9.17, 15) is 38.1 Å². The lowest BCUT2D eigenvalue weighted by Crippen LogP contribution is -2.46. The minimum atomic E-state index is -1.63. The maximum Gasteiger partial charge on any atom is 0.511 e. The molecule has 0 unspecified atom stereocenters. The van der Waals surface area contributed by atoms with Crippen LogP contribution < -0.4 is 10.1 Å². The molecule has 12 nitrogen and oxygen atoms in total. The van der Waals surface area contributed by atoms with E-state index in [1.165, 1.54) is 48.0 Å². The van der Waals surface area contributed by atoms with Crippen molar-refractivity contribution in [1.82, 2.24) is 14.8 Å². The largest absolute Gasteiger partial charge is 0.511 e. The Kier molecular flexibility index (Phi) is 9.00. The molecule has 15 heteroatoms. The number of nitrogens with one attached hydrogen (secondary N) is 1. The van der Waals surface area contributed by atoms with Crippen LogP contribution in [0.5, 0.6) is 5.75 Å². The number of Topliss-reactive ketones (excluding diaryl/α,β-unsaturated/α-hetero) is 1. The van der Waals surface area contributed by atoms with E-state index in [2.05, 4.69) is 5.32 Å². The molecule has 5 rings (SSSR count). The highest BCUT2D eigenvalue weighted by atomic mass is 35.5. The number of nitro benzene ring substituents is 1. The number of ketones is 1. The number of ether oxygens (including phenoxy) is 1. The van der Waals surface area contributed by atoms with Crippen molar-refractivity contribution in [3.8, 4) is 16.9 Å². The number of carboxylic acid groups (broad SMARTS) is 1. The van der Waals surface area contributed by atoms with Gasteiger partial charge in [0.15, 0.2) is 5.78 Å². The van der Waals surface area contributed by atoms with E-state index in [-0.39, 0.29) is 65.0 Å². The van der Waals surface area contributed by atoms with Gasteiger partial charge < -0.3 is 24.6 Å². The van der Waals surface area contributed by atoms with Gasteiger partial charge in [-0.2, -0.15) is 0 Å². The third-order valence-electron chi connectivity index (χ3n) is 7.61. The molecule has 0 spiro atoms. The standard InChI is InChI=1S/C31H25ClF2N4O8/c1-16(39)23-14-36(25-7-5-17(9-22(23)25)21-11-20(38(44)45)6-8-27(21)46-31(42)43)15-28(40)37-13-19(33)10-26(37)30(41)35-12-18-3-2-4-24(32)29(18)34/h2-9,11,14,19,26H,10,12-13,15H2,1H3,(H,35,41)(H,42,43)/t19-,26+/m1/s1. The number of aromatic nitrogens is 1. The topological polar surface area (TPSA) is 161 Å². The van der Waals surface area contributed by atoms with Gasteiger partial charge in [0, 0.05) is 58.9 Å². The Balaban J connectivity index is 1.42. The average molecular weight is 655 g/mol. The molecule has 1 aliphatic rings. The molecule has 238 valence electrons. The molecule has 1 aliphatic heterocycles. The molecule has 2 N–H and O–H groups in total. The lowest BCUT2D eigenvalue weighted by Gasteiger charge is -2.24. The highest BCUT2D eigenvalue weighted by molar-refractivity contribution is 6.30. The number of hydrogen-bond acceptors (Lipinski definition) is 7. The van der Waals surface area contributed by atoms with Crippen LogP contribution in [-0.2, 0) is 22.7 Å². The SMILES string of the molecule is CC(=O)c1cn(CC(=O)N2C[C@H](F)C[C@H]2C(=O)NCc2cccc(Cl)c2F)c2ccc(-c3cc([N+](=O)[O-])ccc3OC(=O)O)cc12. The lowest BCUT2D eigenvalue weighted by atomic mass is 10.0. The molecule has 0 bridgehead atoms. The maximum absolute atomic E-state index is 14.5. The third-order valence-corrected chi connectivity index (χ3v) is 7.90. The summed E-state index contributed by atoms with van der Waals surface area (Å²) in [6, 6.07) is 11.1. The summed E-state index contributed by atoms with van der Waals surface area (Å²) in [7, 11) is 0. The Bertz CT molecular complexity index is 1910. The van der Waals surface area contributed by atoms with Gasteiger partial charge in [0.1, 0.15) is 30.3 Å². The quantitative estimate of drug-likeness (QED) is 0.0784. The van der Waals surface area contributed by atoms with E-state index in [4.69, 9.17) is 21.4 Å². The predicted octanol–water partition coefficient (Wildman–Crippen LogP) is 5.52. The molecular formula is C31H25ClF2N4O8. The fraction of sp³-hybridized carbons (Fsp3) is 0.226. The number of rotatable bonds is 9. The fourth-order valence-electron chi connectivity index (χ4n) is 5.45. The maximum atomic E-state index is 14.5. The number of fused-ring (bicyclic) bond motifs is 1.